The van der Waals surface area contributed by atoms with E-state index in [1.54, 1.807) is 53.4 Å². The van der Waals surface area contributed by atoms with Crippen molar-refractivity contribution < 1.29 is 32.3 Å². The van der Waals surface area contributed by atoms with E-state index in [9.17, 15) is 27.6 Å². The highest BCUT2D eigenvalue weighted by atomic mass is 19.4. The molecular formula is C32H27F3N4O4. The standard InChI is InChI=1S/C32H27F3N4O4/c33-32(34,35)24-13-10-21(11-14-24)25-8-4-5-9-26(25)30(41)37-27-15-12-23(20-36-27)29(40)38-28(22-6-2-1-3-7-22)31(42)39-16-18-43-19-17-39/h1-15,20,28H,16-19H2,(H,38,40)(H,36,37,41)/t28-/m0/s1. The molecular weight excluding hydrogens is 561 g/mol. The van der Waals surface area contributed by atoms with Gasteiger partial charge in [0, 0.05) is 24.8 Å². The van der Waals surface area contributed by atoms with Crippen LogP contribution < -0.4 is 10.6 Å². The van der Waals surface area contributed by atoms with E-state index in [4.69, 9.17) is 4.74 Å². The monoisotopic (exact) mass is 588 g/mol. The number of anilines is 1. The molecule has 0 unspecified atom stereocenters. The molecule has 0 spiro atoms. The molecule has 11 heteroatoms. The number of halogens is 3. The minimum absolute atomic E-state index is 0.160. The molecule has 2 heterocycles. The highest BCUT2D eigenvalue weighted by Crippen LogP contribution is 2.32. The summed E-state index contributed by atoms with van der Waals surface area (Å²) in [5, 5.41) is 5.47. The first kappa shape index (κ1) is 29.5. The van der Waals surface area contributed by atoms with Crippen molar-refractivity contribution in [3.8, 4) is 11.1 Å². The molecule has 3 amide bonds. The number of benzene rings is 3. The molecule has 8 nitrogen and oxygen atoms in total. The van der Waals surface area contributed by atoms with E-state index < -0.39 is 29.6 Å². The van der Waals surface area contributed by atoms with Gasteiger partial charge < -0.3 is 20.3 Å². The number of aromatic nitrogens is 1. The largest absolute Gasteiger partial charge is 0.416 e. The molecule has 1 atom stereocenters. The molecule has 0 saturated carbocycles. The Morgan fingerprint density at radius 1 is 0.814 bits per heavy atom. The van der Waals surface area contributed by atoms with Crippen LogP contribution in [-0.2, 0) is 15.7 Å². The normalized spacial score (nSPS) is 14.1. The first-order valence-electron chi connectivity index (χ1n) is 13.5. The number of pyridine rings is 1. The number of carbonyl (C=O) groups is 3. The molecule has 220 valence electrons. The van der Waals surface area contributed by atoms with E-state index in [1.807, 2.05) is 6.07 Å². The second-order valence-electron chi connectivity index (χ2n) is 9.76. The summed E-state index contributed by atoms with van der Waals surface area (Å²) in [7, 11) is 0. The first-order valence-corrected chi connectivity index (χ1v) is 13.5. The lowest BCUT2D eigenvalue weighted by Gasteiger charge is -2.31. The van der Waals surface area contributed by atoms with Crippen molar-refractivity contribution in [2.24, 2.45) is 0 Å². The molecule has 0 radical (unpaired) electrons. The van der Waals surface area contributed by atoms with Crippen LogP contribution in [0.4, 0.5) is 19.0 Å². The van der Waals surface area contributed by atoms with Gasteiger partial charge in [-0.15, -0.1) is 0 Å². The Labute approximate surface area is 245 Å². The summed E-state index contributed by atoms with van der Waals surface area (Å²) in [5.41, 5.74) is 1.15. The van der Waals surface area contributed by atoms with Crippen LogP contribution in [0.1, 0.15) is 37.9 Å². The third-order valence-corrected chi connectivity index (χ3v) is 6.94. The van der Waals surface area contributed by atoms with Crippen molar-refractivity contribution >= 4 is 23.5 Å². The number of rotatable bonds is 7. The summed E-state index contributed by atoms with van der Waals surface area (Å²) < 4.78 is 44.3. The number of nitrogens with one attached hydrogen (secondary N) is 2. The zero-order valence-electron chi connectivity index (χ0n) is 22.8. The summed E-state index contributed by atoms with van der Waals surface area (Å²) >= 11 is 0. The molecule has 4 aromatic rings. The van der Waals surface area contributed by atoms with Gasteiger partial charge in [-0.05, 0) is 47.0 Å². The zero-order chi connectivity index (χ0) is 30.4. The van der Waals surface area contributed by atoms with Crippen LogP contribution in [0.3, 0.4) is 0 Å². The van der Waals surface area contributed by atoms with Crippen LogP contribution in [0.25, 0.3) is 11.1 Å². The van der Waals surface area contributed by atoms with Crippen molar-refractivity contribution in [1.29, 1.82) is 0 Å². The predicted octanol–water partition coefficient (Wildman–Crippen LogP) is 5.35. The van der Waals surface area contributed by atoms with Gasteiger partial charge in [0.1, 0.15) is 11.9 Å². The van der Waals surface area contributed by atoms with Crippen LogP contribution in [0.15, 0.2) is 97.2 Å². The van der Waals surface area contributed by atoms with Gasteiger partial charge in [0.15, 0.2) is 0 Å². The fourth-order valence-electron chi connectivity index (χ4n) is 4.67. The molecule has 1 saturated heterocycles. The van der Waals surface area contributed by atoms with E-state index in [2.05, 4.69) is 15.6 Å². The lowest BCUT2D eigenvalue weighted by Crippen LogP contribution is -2.47. The number of carbonyl (C=O) groups excluding carboxylic acids is 3. The third kappa shape index (κ3) is 7.07. The summed E-state index contributed by atoms with van der Waals surface area (Å²) in [5.74, 6) is -1.13. The van der Waals surface area contributed by atoms with E-state index in [-0.39, 0.29) is 22.9 Å². The van der Waals surface area contributed by atoms with Gasteiger partial charge in [-0.1, -0.05) is 60.7 Å². The highest BCUT2D eigenvalue weighted by Gasteiger charge is 2.31. The summed E-state index contributed by atoms with van der Waals surface area (Å²) in [6, 6.07) is 22.0. The quantitative estimate of drug-likeness (QED) is 0.303. The molecule has 1 aromatic heterocycles. The van der Waals surface area contributed by atoms with Gasteiger partial charge in [0.05, 0.1) is 24.3 Å². The molecule has 1 aliphatic rings. The number of hydrogen-bond acceptors (Lipinski definition) is 5. The summed E-state index contributed by atoms with van der Waals surface area (Å²) in [6.07, 6.45) is -3.18. The Kier molecular flexibility index (Phi) is 8.82. The van der Waals surface area contributed by atoms with Gasteiger partial charge >= 0.3 is 6.18 Å². The highest BCUT2D eigenvalue weighted by molar-refractivity contribution is 6.08. The molecule has 1 fully saturated rings. The SMILES string of the molecule is O=C(N[C@H](C(=O)N1CCOCC1)c1ccccc1)c1ccc(NC(=O)c2ccccc2-c2ccc(C(F)(F)F)cc2)nc1. The molecule has 0 aliphatic carbocycles. The number of hydrogen-bond donors (Lipinski definition) is 2. The fraction of sp³-hybridized carbons (Fsp3) is 0.188. The van der Waals surface area contributed by atoms with E-state index in [0.29, 0.717) is 43.0 Å². The fourth-order valence-corrected chi connectivity index (χ4v) is 4.67. The van der Waals surface area contributed by atoms with Gasteiger partial charge in [-0.2, -0.15) is 13.2 Å². The molecule has 3 aromatic carbocycles. The van der Waals surface area contributed by atoms with E-state index in [0.717, 1.165) is 12.1 Å². The first-order chi connectivity index (χ1) is 20.7. The number of nitrogens with zero attached hydrogens (tertiary/aromatic N) is 2. The number of ether oxygens (including phenoxy) is 1. The minimum atomic E-state index is -4.47. The lowest BCUT2D eigenvalue weighted by molar-refractivity contribution is -0.138. The maximum atomic E-state index is 13.3. The second kappa shape index (κ2) is 12.9. The maximum Gasteiger partial charge on any atom is 0.416 e. The maximum absolute atomic E-state index is 13.3. The Bertz CT molecular complexity index is 1590. The van der Waals surface area contributed by atoms with Crippen molar-refractivity contribution in [2.45, 2.75) is 12.2 Å². The Morgan fingerprint density at radius 2 is 1.49 bits per heavy atom. The molecule has 43 heavy (non-hydrogen) atoms. The number of alkyl halides is 3. The Morgan fingerprint density at radius 3 is 2.14 bits per heavy atom. The second-order valence-corrected chi connectivity index (χ2v) is 9.76. The van der Waals surface area contributed by atoms with Crippen molar-refractivity contribution in [2.75, 3.05) is 31.6 Å². The molecule has 2 N–H and O–H groups in total. The van der Waals surface area contributed by atoms with Crippen molar-refractivity contribution in [3.05, 3.63) is 119 Å². The lowest BCUT2D eigenvalue weighted by atomic mass is 9.98. The smallest absolute Gasteiger partial charge is 0.378 e. The Hall–Kier alpha value is -5.03. The zero-order valence-corrected chi connectivity index (χ0v) is 22.8. The number of morpholine rings is 1. The topological polar surface area (TPSA) is 101 Å². The van der Waals surface area contributed by atoms with Crippen LogP contribution in [0.5, 0.6) is 0 Å². The average Bonchev–Trinajstić information content (AvgIpc) is 3.04. The van der Waals surface area contributed by atoms with Crippen LogP contribution in [0.2, 0.25) is 0 Å². The van der Waals surface area contributed by atoms with E-state index in [1.165, 1.54) is 30.5 Å². The molecule has 1 aliphatic heterocycles. The molecule has 0 bridgehead atoms. The van der Waals surface area contributed by atoms with Crippen molar-refractivity contribution in [1.82, 2.24) is 15.2 Å². The van der Waals surface area contributed by atoms with Crippen LogP contribution in [0, 0.1) is 0 Å². The number of amides is 3. The van der Waals surface area contributed by atoms with Gasteiger partial charge in [-0.25, -0.2) is 4.98 Å². The third-order valence-electron chi connectivity index (χ3n) is 6.94. The van der Waals surface area contributed by atoms with Gasteiger partial charge in [-0.3, -0.25) is 14.4 Å². The van der Waals surface area contributed by atoms with Crippen LogP contribution >= 0.6 is 0 Å². The van der Waals surface area contributed by atoms with Crippen molar-refractivity contribution in [3.63, 3.8) is 0 Å². The predicted molar refractivity (Wildman–Crippen MR) is 153 cm³/mol. The summed E-state index contributed by atoms with van der Waals surface area (Å²) in [4.78, 5) is 45.4. The van der Waals surface area contributed by atoms with Crippen LogP contribution in [-0.4, -0.2) is 53.9 Å². The summed E-state index contributed by atoms with van der Waals surface area (Å²) in [6.45, 7) is 1.70. The van der Waals surface area contributed by atoms with E-state index >= 15 is 0 Å². The van der Waals surface area contributed by atoms with Gasteiger partial charge in [0.2, 0.25) is 5.91 Å². The van der Waals surface area contributed by atoms with Gasteiger partial charge in [0.25, 0.3) is 11.8 Å². The molecule has 5 rings (SSSR count). The average molecular weight is 589 g/mol. The Balaban J connectivity index is 1.29. The minimum Gasteiger partial charge on any atom is -0.378 e.